The number of aliphatic hydroxyl groups is 1. The highest BCUT2D eigenvalue weighted by atomic mass is 32.2. The number of carbonyl (C=O) groups is 2. The monoisotopic (exact) mass is 549 g/mol. The maximum atomic E-state index is 12.9. The fraction of sp³-hybridized carbons (Fsp3) is 0.267. The smallest absolute Gasteiger partial charge is 0.412 e. The summed E-state index contributed by atoms with van der Waals surface area (Å²) in [7, 11) is 0. The molecule has 0 fully saturated rings. The molecule has 0 radical (unpaired) electrons. The SMILES string of the molecule is CSc1ccc(NC(=O)O[C@H](c2ccccc2OCCO)[C@@H](C)CC/C=C/C(=O)Nc2ccccc2N)cc1. The van der Waals surface area contributed by atoms with Crippen molar-refractivity contribution in [2.24, 2.45) is 5.92 Å². The Balaban J connectivity index is 1.68. The number of rotatable bonds is 13. The van der Waals surface area contributed by atoms with Crippen LogP contribution in [0.15, 0.2) is 89.8 Å². The van der Waals surface area contributed by atoms with Crippen LogP contribution < -0.4 is 21.1 Å². The summed E-state index contributed by atoms with van der Waals surface area (Å²) in [6, 6.07) is 21.9. The van der Waals surface area contributed by atoms with E-state index in [9.17, 15) is 14.7 Å². The summed E-state index contributed by atoms with van der Waals surface area (Å²) < 4.78 is 11.7. The number of thioether (sulfide) groups is 1. The molecule has 5 N–H and O–H groups in total. The van der Waals surface area contributed by atoms with Crippen molar-refractivity contribution in [3.05, 3.63) is 90.5 Å². The molecule has 0 unspecified atom stereocenters. The average Bonchev–Trinajstić information content (AvgIpc) is 2.94. The lowest BCUT2D eigenvalue weighted by atomic mass is 9.92. The number of ether oxygens (including phenoxy) is 2. The molecule has 3 aromatic carbocycles. The number of amides is 2. The first-order valence-corrected chi connectivity index (χ1v) is 13.9. The first-order valence-electron chi connectivity index (χ1n) is 12.7. The first-order chi connectivity index (χ1) is 18.9. The molecule has 0 saturated heterocycles. The Hall–Kier alpha value is -3.95. The van der Waals surface area contributed by atoms with Crippen molar-refractivity contribution in [1.82, 2.24) is 0 Å². The van der Waals surface area contributed by atoms with E-state index in [1.165, 1.54) is 6.08 Å². The van der Waals surface area contributed by atoms with Crippen LogP contribution in [0.2, 0.25) is 0 Å². The van der Waals surface area contributed by atoms with E-state index < -0.39 is 12.2 Å². The molecule has 0 spiro atoms. The zero-order chi connectivity index (χ0) is 28.0. The third-order valence-corrected chi connectivity index (χ3v) is 6.68. The highest BCUT2D eigenvalue weighted by Gasteiger charge is 2.26. The van der Waals surface area contributed by atoms with Gasteiger partial charge in [0.2, 0.25) is 5.91 Å². The Labute approximate surface area is 233 Å². The molecule has 2 atom stereocenters. The van der Waals surface area contributed by atoms with E-state index in [0.717, 1.165) is 4.90 Å². The van der Waals surface area contributed by atoms with Crippen LogP contribution in [0.4, 0.5) is 21.9 Å². The number of hydrogen-bond acceptors (Lipinski definition) is 7. The predicted octanol–water partition coefficient (Wildman–Crippen LogP) is 6.26. The summed E-state index contributed by atoms with van der Waals surface area (Å²) in [5.74, 6) is 0.143. The summed E-state index contributed by atoms with van der Waals surface area (Å²) >= 11 is 1.62. The molecule has 2 amide bonds. The second-order valence-electron chi connectivity index (χ2n) is 8.82. The lowest BCUT2D eigenvalue weighted by molar-refractivity contribution is -0.111. The van der Waals surface area contributed by atoms with Crippen molar-refractivity contribution in [2.75, 3.05) is 35.8 Å². The Morgan fingerprint density at radius 1 is 1.03 bits per heavy atom. The van der Waals surface area contributed by atoms with Gasteiger partial charge in [-0.15, -0.1) is 11.8 Å². The van der Waals surface area contributed by atoms with Crippen molar-refractivity contribution in [2.45, 2.75) is 30.8 Å². The number of anilines is 3. The van der Waals surface area contributed by atoms with Crippen molar-refractivity contribution >= 4 is 40.8 Å². The average molecular weight is 550 g/mol. The summed E-state index contributed by atoms with van der Waals surface area (Å²) in [6.45, 7) is 1.96. The molecule has 0 aliphatic heterocycles. The number of nitrogens with two attached hydrogens (primary N) is 1. The van der Waals surface area contributed by atoms with Crippen LogP contribution in [-0.4, -0.2) is 36.6 Å². The number of carbonyl (C=O) groups excluding carboxylic acids is 2. The standard InChI is InChI=1S/C30H35N3O5S/c1-21(9-3-8-14-28(35)33-26-12-6-5-11-25(26)31)29(24-10-4-7-13-27(24)37-20-19-34)38-30(36)32-22-15-17-23(39-2)18-16-22/h4-8,10-18,21,29,34H,3,9,19-20,31H2,1-2H3,(H,32,36)(H,33,35)/b14-8+/t21-,29-/m0/s1. The van der Waals surface area contributed by atoms with E-state index in [0.29, 0.717) is 41.2 Å². The molecular formula is C30H35N3O5S. The summed E-state index contributed by atoms with van der Waals surface area (Å²) in [5, 5.41) is 14.8. The van der Waals surface area contributed by atoms with Crippen LogP contribution in [0.3, 0.4) is 0 Å². The Bertz CT molecular complexity index is 1250. The number of allylic oxidation sites excluding steroid dienone is 1. The van der Waals surface area contributed by atoms with Crippen LogP contribution in [0, 0.1) is 5.92 Å². The van der Waals surface area contributed by atoms with Crippen molar-refractivity contribution in [3.63, 3.8) is 0 Å². The molecule has 0 aliphatic rings. The minimum atomic E-state index is -0.628. The minimum Gasteiger partial charge on any atom is -0.491 e. The van der Waals surface area contributed by atoms with E-state index in [2.05, 4.69) is 10.6 Å². The molecule has 3 aromatic rings. The van der Waals surface area contributed by atoms with Gasteiger partial charge in [-0.05, 0) is 73.6 Å². The van der Waals surface area contributed by atoms with Gasteiger partial charge >= 0.3 is 6.09 Å². The number of nitrogens with one attached hydrogen (secondary N) is 2. The molecule has 3 rings (SSSR count). The van der Waals surface area contributed by atoms with Gasteiger partial charge in [0.15, 0.2) is 0 Å². The number of hydrogen-bond donors (Lipinski definition) is 4. The van der Waals surface area contributed by atoms with Crippen LogP contribution in [0.25, 0.3) is 0 Å². The molecule has 0 aliphatic carbocycles. The lowest BCUT2D eigenvalue weighted by Gasteiger charge is -2.26. The molecule has 9 heteroatoms. The molecule has 206 valence electrons. The third kappa shape index (κ3) is 9.38. The van der Waals surface area contributed by atoms with E-state index in [4.69, 9.17) is 15.2 Å². The largest absolute Gasteiger partial charge is 0.491 e. The number of aliphatic hydroxyl groups excluding tert-OH is 1. The van der Waals surface area contributed by atoms with Crippen LogP contribution in [0.1, 0.15) is 31.4 Å². The zero-order valence-corrected chi connectivity index (χ0v) is 22.9. The summed E-state index contributed by atoms with van der Waals surface area (Å²) in [5.41, 5.74) is 8.27. The number of nitrogen functional groups attached to an aromatic ring is 1. The first kappa shape index (κ1) is 29.6. The van der Waals surface area contributed by atoms with Gasteiger partial charge < -0.3 is 25.6 Å². The maximum Gasteiger partial charge on any atom is 0.412 e. The lowest BCUT2D eigenvalue weighted by Crippen LogP contribution is -2.22. The molecule has 0 heterocycles. The van der Waals surface area contributed by atoms with Gasteiger partial charge in [0.25, 0.3) is 0 Å². The molecule has 0 bridgehead atoms. The Kier molecular flexibility index (Phi) is 11.7. The highest BCUT2D eigenvalue weighted by molar-refractivity contribution is 7.98. The summed E-state index contributed by atoms with van der Waals surface area (Å²) in [6.07, 6.45) is 5.23. The Morgan fingerprint density at radius 3 is 2.46 bits per heavy atom. The zero-order valence-electron chi connectivity index (χ0n) is 22.1. The van der Waals surface area contributed by atoms with E-state index in [-0.39, 0.29) is 25.0 Å². The quantitative estimate of drug-likeness (QED) is 0.113. The molecule has 0 aromatic heterocycles. The second kappa shape index (κ2) is 15.5. The van der Waals surface area contributed by atoms with Gasteiger partial charge in [-0.3, -0.25) is 10.1 Å². The van der Waals surface area contributed by atoms with E-state index in [1.54, 1.807) is 48.2 Å². The minimum absolute atomic E-state index is 0.119. The molecule has 0 saturated carbocycles. The van der Waals surface area contributed by atoms with Crippen molar-refractivity contribution in [1.29, 1.82) is 0 Å². The van der Waals surface area contributed by atoms with Gasteiger partial charge in [-0.1, -0.05) is 43.3 Å². The van der Waals surface area contributed by atoms with Crippen molar-refractivity contribution < 1.29 is 24.2 Å². The van der Waals surface area contributed by atoms with Crippen LogP contribution in [0.5, 0.6) is 5.75 Å². The second-order valence-corrected chi connectivity index (χ2v) is 9.70. The van der Waals surface area contributed by atoms with Gasteiger partial charge in [0.1, 0.15) is 18.5 Å². The normalized spacial score (nSPS) is 12.5. The molecular weight excluding hydrogens is 514 g/mol. The van der Waals surface area contributed by atoms with Gasteiger partial charge in [0.05, 0.1) is 18.0 Å². The fourth-order valence-electron chi connectivity index (χ4n) is 3.91. The van der Waals surface area contributed by atoms with Gasteiger partial charge in [-0.2, -0.15) is 0 Å². The molecule has 39 heavy (non-hydrogen) atoms. The fourth-order valence-corrected chi connectivity index (χ4v) is 4.32. The van der Waals surface area contributed by atoms with Crippen LogP contribution >= 0.6 is 11.8 Å². The van der Waals surface area contributed by atoms with E-state index in [1.807, 2.05) is 55.6 Å². The van der Waals surface area contributed by atoms with Gasteiger partial charge in [-0.25, -0.2) is 4.79 Å². The third-order valence-electron chi connectivity index (χ3n) is 5.94. The number of benzene rings is 3. The number of para-hydroxylation sites is 3. The maximum absolute atomic E-state index is 12.9. The molecule has 8 nitrogen and oxygen atoms in total. The van der Waals surface area contributed by atoms with Crippen LogP contribution in [-0.2, 0) is 9.53 Å². The summed E-state index contributed by atoms with van der Waals surface area (Å²) in [4.78, 5) is 26.3. The van der Waals surface area contributed by atoms with Crippen molar-refractivity contribution in [3.8, 4) is 5.75 Å². The van der Waals surface area contributed by atoms with Gasteiger partial charge in [0, 0.05) is 16.1 Å². The van der Waals surface area contributed by atoms with E-state index >= 15 is 0 Å². The topological polar surface area (TPSA) is 123 Å². The Morgan fingerprint density at radius 2 is 1.74 bits per heavy atom. The highest BCUT2D eigenvalue weighted by Crippen LogP contribution is 2.35. The predicted molar refractivity (Wildman–Crippen MR) is 157 cm³/mol.